The number of nitrogens with zero attached hydrogens (tertiary/aromatic N) is 4. The van der Waals surface area contributed by atoms with Crippen LogP contribution in [0.1, 0.15) is 29.0 Å². The smallest absolute Gasteiger partial charge is 0.231 e. The molecular formula is C17H17N5O3. The molecule has 0 aliphatic carbocycles. The maximum absolute atomic E-state index is 12.0. The number of methoxy groups -OCH3 is 1. The van der Waals surface area contributed by atoms with Crippen LogP contribution in [0.3, 0.4) is 0 Å². The highest BCUT2D eigenvalue weighted by Gasteiger charge is 2.11. The van der Waals surface area contributed by atoms with Gasteiger partial charge in [-0.3, -0.25) is 9.59 Å². The minimum absolute atomic E-state index is 0.0601. The quantitative estimate of drug-likeness (QED) is 0.654. The predicted molar refractivity (Wildman–Crippen MR) is 89.2 cm³/mol. The summed E-state index contributed by atoms with van der Waals surface area (Å²) in [7, 11) is 1.52. The number of hydrogen-bond acceptors (Lipinski definition) is 6. The number of rotatable bonds is 7. The van der Waals surface area contributed by atoms with E-state index in [0.717, 1.165) is 0 Å². The van der Waals surface area contributed by atoms with Gasteiger partial charge in [-0.25, -0.2) is 0 Å². The normalized spacial score (nSPS) is 10.6. The third kappa shape index (κ3) is 3.97. The van der Waals surface area contributed by atoms with Gasteiger partial charge >= 0.3 is 0 Å². The van der Waals surface area contributed by atoms with E-state index in [9.17, 15) is 9.59 Å². The number of Topliss-reactive ketones (excluding diaryl/α,β-unsaturated/α-hetero) is 1. The standard InChI is InChI=1S/C17H17N5O3/c1-25-17-10-8-14-19-20-15(22(14)21-17)11-18-16(24)9-7-13(23)12-5-3-2-4-6-12/h2-6,8,10H,7,9,11H2,1H3,(H,18,24). The summed E-state index contributed by atoms with van der Waals surface area (Å²) in [6.07, 6.45) is 0.268. The van der Waals surface area contributed by atoms with Crippen LogP contribution >= 0.6 is 0 Å². The Kier molecular flexibility index (Phi) is 4.98. The first-order chi connectivity index (χ1) is 12.2. The second kappa shape index (κ2) is 7.52. The molecule has 1 aromatic carbocycles. The lowest BCUT2D eigenvalue weighted by atomic mass is 10.1. The van der Waals surface area contributed by atoms with E-state index < -0.39 is 0 Å². The average Bonchev–Trinajstić information content (AvgIpc) is 3.07. The van der Waals surface area contributed by atoms with Crippen LogP contribution in [0, 0.1) is 0 Å². The fraction of sp³-hybridized carbons (Fsp3) is 0.235. The second-order valence-corrected chi connectivity index (χ2v) is 5.33. The molecule has 0 radical (unpaired) electrons. The second-order valence-electron chi connectivity index (χ2n) is 5.33. The number of benzene rings is 1. The predicted octanol–water partition coefficient (Wildman–Crippen LogP) is 1.41. The SMILES string of the molecule is COc1ccc2nnc(CNC(=O)CCC(=O)c3ccccc3)n2n1. The van der Waals surface area contributed by atoms with Gasteiger partial charge in [-0.1, -0.05) is 30.3 Å². The van der Waals surface area contributed by atoms with Gasteiger partial charge in [0.25, 0.3) is 0 Å². The number of aromatic nitrogens is 4. The van der Waals surface area contributed by atoms with Crippen LogP contribution < -0.4 is 10.1 Å². The van der Waals surface area contributed by atoms with Crippen molar-refractivity contribution in [3.63, 3.8) is 0 Å². The highest BCUT2D eigenvalue weighted by Crippen LogP contribution is 2.09. The Labute approximate surface area is 143 Å². The van der Waals surface area contributed by atoms with E-state index in [1.54, 1.807) is 36.4 Å². The molecule has 0 atom stereocenters. The number of carbonyl (C=O) groups excluding carboxylic acids is 2. The molecular weight excluding hydrogens is 322 g/mol. The zero-order valence-corrected chi connectivity index (χ0v) is 13.7. The molecule has 0 aliphatic heterocycles. The van der Waals surface area contributed by atoms with Crippen molar-refractivity contribution in [2.75, 3.05) is 7.11 Å². The summed E-state index contributed by atoms with van der Waals surface area (Å²) in [6, 6.07) is 12.3. The maximum atomic E-state index is 12.0. The van der Waals surface area contributed by atoms with Crippen molar-refractivity contribution in [3.8, 4) is 5.88 Å². The molecule has 0 saturated heterocycles. The number of hydrogen-bond donors (Lipinski definition) is 1. The molecule has 0 bridgehead atoms. The van der Waals surface area contributed by atoms with E-state index in [0.29, 0.717) is 22.9 Å². The number of ether oxygens (including phenoxy) is 1. The Hall–Kier alpha value is -3.29. The fourth-order valence-electron chi connectivity index (χ4n) is 2.30. The molecule has 0 fully saturated rings. The Morgan fingerprint density at radius 3 is 2.64 bits per heavy atom. The van der Waals surface area contributed by atoms with E-state index in [2.05, 4.69) is 20.6 Å². The minimum atomic E-state index is -0.232. The maximum Gasteiger partial charge on any atom is 0.231 e. The molecule has 25 heavy (non-hydrogen) atoms. The lowest BCUT2D eigenvalue weighted by molar-refractivity contribution is -0.121. The molecule has 1 N–H and O–H groups in total. The van der Waals surface area contributed by atoms with Gasteiger partial charge in [0.15, 0.2) is 17.3 Å². The molecule has 3 rings (SSSR count). The van der Waals surface area contributed by atoms with Crippen LogP contribution in [0.4, 0.5) is 0 Å². The summed E-state index contributed by atoms with van der Waals surface area (Å²) in [5, 5.41) is 14.9. The van der Waals surface area contributed by atoms with Gasteiger partial charge in [-0.2, -0.15) is 4.52 Å². The topological polar surface area (TPSA) is 98.5 Å². The van der Waals surface area contributed by atoms with Gasteiger partial charge in [0.05, 0.1) is 13.7 Å². The van der Waals surface area contributed by atoms with Crippen LogP contribution in [-0.2, 0) is 11.3 Å². The molecule has 3 aromatic rings. The first kappa shape index (κ1) is 16.6. The minimum Gasteiger partial charge on any atom is -0.480 e. The van der Waals surface area contributed by atoms with Gasteiger partial charge < -0.3 is 10.1 Å². The van der Waals surface area contributed by atoms with E-state index >= 15 is 0 Å². The molecule has 128 valence electrons. The molecule has 2 heterocycles. The van der Waals surface area contributed by atoms with Crippen molar-refractivity contribution < 1.29 is 14.3 Å². The number of ketones is 1. The van der Waals surface area contributed by atoms with Crippen LogP contribution in [-0.4, -0.2) is 38.6 Å². The summed E-state index contributed by atoms with van der Waals surface area (Å²) < 4.78 is 6.58. The van der Waals surface area contributed by atoms with Gasteiger partial charge in [-0.15, -0.1) is 15.3 Å². The lowest BCUT2D eigenvalue weighted by Crippen LogP contribution is -2.24. The molecule has 1 amide bonds. The third-order valence-electron chi connectivity index (χ3n) is 3.63. The van der Waals surface area contributed by atoms with Gasteiger partial charge in [0.1, 0.15) is 0 Å². The van der Waals surface area contributed by atoms with Crippen molar-refractivity contribution >= 4 is 17.3 Å². The summed E-state index contributed by atoms with van der Waals surface area (Å²) in [5.41, 5.74) is 1.17. The Morgan fingerprint density at radius 2 is 1.88 bits per heavy atom. The van der Waals surface area contributed by atoms with Crippen LogP contribution in [0.15, 0.2) is 42.5 Å². The molecule has 0 aliphatic rings. The molecule has 8 nitrogen and oxygen atoms in total. The summed E-state index contributed by atoms with van der Waals surface area (Å²) in [5.74, 6) is 0.615. The van der Waals surface area contributed by atoms with Crippen molar-refractivity contribution in [1.82, 2.24) is 25.1 Å². The first-order valence-electron chi connectivity index (χ1n) is 7.77. The summed E-state index contributed by atoms with van der Waals surface area (Å²) in [6.45, 7) is 0.166. The summed E-state index contributed by atoms with van der Waals surface area (Å²) in [4.78, 5) is 24.0. The van der Waals surface area contributed by atoms with E-state index in [-0.39, 0.29) is 31.1 Å². The number of nitrogens with one attached hydrogen (secondary N) is 1. The highest BCUT2D eigenvalue weighted by atomic mass is 16.5. The average molecular weight is 339 g/mol. The fourth-order valence-corrected chi connectivity index (χ4v) is 2.30. The van der Waals surface area contributed by atoms with E-state index in [4.69, 9.17) is 4.74 Å². The third-order valence-corrected chi connectivity index (χ3v) is 3.63. The zero-order chi connectivity index (χ0) is 17.6. The number of carbonyl (C=O) groups is 2. The van der Waals surface area contributed by atoms with Crippen molar-refractivity contribution in [2.24, 2.45) is 0 Å². The summed E-state index contributed by atoms with van der Waals surface area (Å²) >= 11 is 0. The molecule has 0 unspecified atom stereocenters. The van der Waals surface area contributed by atoms with Crippen molar-refractivity contribution in [3.05, 3.63) is 53.9 Å². The van der Waals surface area contributed by atoms with Crippen LogP contribution in [0.5, 0.6) is 5.88 Å². The van der Waals surface area contributed by atoms with Crippen molar-refractivity contribution in [1.29, 1.82) is 0 Å². The largest absolute Gasteiger partial charge is 0.480 e. The van der Waals surface area contributed by atoms with Crippen molar-refractivity contribution in [2.45, 2.75) is 19.4 Å². The highest BCUT2D eigenvalue weighted by molar-refractivity contribution is 5.97. The molecule has 0 saturated carbocycles. The molecule has 0 spiro atoms. The van der Waals surface area contributed by atoms with Gasteiger partial charge in [-0.05, 0) is 6.07 Å². The zero-order valence-electron chi connectivity index (χ0n) is 13.7. The number of amides is 1. The Bertz CT molecular complexity index is 892. The molecule has 8 heteroatoms. The monoisotopic (exact) mass is 339 g/mol. The lowest BCUT2D eigenvalue weighted by Gasteiger charge is -2.04. The Balaban J connectivity index is 1.55. The van der Waals surface area contributed by atoms with E-state index in [1.165, 1.54) is 11.6 Å². The van der Waals surface area contributed by atoms with E-state index in [1.807, 2.05) is 6.07 Å². The first-order valence-corrected chi connectivity index (χ1v) is 7.77. The van der Waals surface area contributed by atoms with Gasteiger partial charge in [0.2, 0.25) is 11.8 Å². The Morgan fingerprint density at radius 1 is 1.08 bits per heavy atom. The van der Waals surface area contributed by atoms with Crippen LogP contribution in [0.25, 0.3) is 5.65 Å². The number of fused-ring (bicyclic) bond motifs is 1. The van der Waals surface area contributed by atoms with Gasteiger partial charge in [0, 0.05) is 24.5 Å². The molecule has 2 aromatic heterocycles. The van der Waals surface area contributed by atoms with Crippen LogP contribution in [0.2, 0.25) is 0 Å².